The lowest BCUT2D eigenvalue weighted by Gasteiger charge is -2.11. The van der Waals surface area contributed by atoms with Crippen LogP contribution in [-0.4, -0.2) is 23.9 Å². The molecule has 3 nitrogen and oxygen atoms in total. The highest BCUT2D eigenvalue weighted by Crippen LogP contribution is 2.50. The summed E-state index contributed by atoms with van der Waals surface area (Å²) < 4.78 is 5.22. The molecule has 0 spiro atoms. The van der Waals surface area contributed by atoms with Gasteiger partial charge < -0.3 is 9.84 Å². The fourth-order valence-corrected chi connectivity index (χ4v) is 2.84. The second-order valence-corrected chi connectivity index (χ2v) is 5.04. The third-order valence-electron chi connectivity index (χ3n) is 2.88. The van der Waals surface area contributed by atoms with Crippen LogP contribution in [0.2, 0.25) is 0 Å². The van der Waals surface area contributed by atoms with Crippen molar-refractivity contribution in [3.8, 4) is 5.75 Å². The number of ether oxygens (including phenoxy) is 1. The average Bonchev–Trinajstić information content (AvgIpc) is 3.08. The molecule has 0 atom stereocenters. The first kappa shape index (κ1) is 11.3. The van der Waals surface area contributed by atoms with Gasteiger partial charge in [-0.25, -0.2) is 0 Å². The van der Waals surface area contributed by atoms with Crippen LogP contribution < -0.4 is 4.74 Å². The fourth-order valence-electron chi connectivity index (χ4n) is 1.52. The number of carboxylic acids is 1. The minimum Gasteiger partial charge on any atom is -0.496 e. The number of methoxy groups -OCH3 is 1. The average molecular weight is 238 g/mol. The zero-order valence-corrected chi connectivity index (χ0v) is 9.92. The number of rotatable bonds is 5. The van der Waals surface area contributed by atoms with Gasteiger partial charge in [0.1, 0.15) is 5.75 Å². The van der Waals surface area contributed by atoms with E-state index in [1.165, 1.54) is 0 Å². The van der Waals surface area contributed by atoms with Gasteiger partial charge in [-0.2, -0.15) is 0 Å². The molecule has 1 N–H and O–H groups in total. The maximum atomic E-state index is 11.0. The molecule has 0 bridgehead atoms. The van der Waals surface area contributed by atoms with Crippen LogP contribution in [-0.2, 0) is 4.79 Å². The van der Waals surface area contributed by atoms with Crippen molar-refractivity contribution in [3.05, 3.63) is 24.3 Å². The van der Waals surface area contributed by atoms with Crippen LogP contribution in [0.25, 0.3) is 0 Å². The standard InChI is InChI=1S/C12H14O3S/c1-15-9-4-2-3-5-10(9)16-8-12(6-7-12)11(13)14/h2-5H,6-8H2,1H3,(H,13,14). The van der Waals surface area contributed by atoms with Crippen LogP contribution in [0.4, 0.5) is 0 Å². The molecule has 0 heterocycles. The van der Waals surface area contributed by atoms with Crippen molar-refractivity contribution >= 4 is 17.7 Å². The van der Waals surface area contributed by atoms with Crippen LogP contribution in [0, 0.1) is 5.41 Å². The predicted octanol–water partition coefficient (Wildman–Crippen LogP) is 2.65. The van der Waals surface area contributed by atoms with Gasteiger partial charge in [-0.1, -0.05) is 12.1 Å². The molecule has 0 amide bonds. The molecule has 1 aromatic rings. The van der Waals surface area contributed by atoms with Crippen LogP contribution in [0.15, 0.2) is 29.2 Å². The summed E-state index contributed by atoms with van der Waals surface area (Å²) in [4.78, 5) is 12.0. The first-order chi connectivity index (χ1) is 7.68. The smallest absolute Gasteiger partial charge is 0.310 e. The summed E-state index contributed by atoms with van der Waals surface area (Å²) in [5, 5.41) is 9.06. The van der Waals surface area contributed by atoms with Crippen molar-refractivity contribution in [2.45, 2.75) is 17.7 Å². The van der Waals surface area contributed by atoms with E-state index < -0.39 is 11.4 Å². The molecule has 0 aromatic heterocycles. The molecule has 1 aromatic carbocycles. The molecule has 1 fully saturated rings. The van der Waals surface area contributed by atoms with E-state index in [0.717, 1.165) is 23.5 Å². The Morgan fingerprint density at radius 1 is 1.50 bits per heavy atom. The summed E-state index contributed by atoms with van der Waals surface area (Å²) in [6, 6.07) is 7.70. The van der Waals surface area contributed by atoms with Crippen LogP contribution in [0.1, 0.15) is 12.8 Å². The van der Waals surface area contributed by atoms with E-state index in [1.54, 1.807) is 18.9 Å². The maximum absolute atomic E-state index is 11.0. The maximum Gasteiger partial charge on any atom is 0.310 e. The number of para-hydroxylation sites is 1. The molecule has 1 aliphatic carbocycles. The monoisotopic (exact) mass is 238 g/mol. The summed E-state index contributed by atoms with van der Waals surface area (Å²) in [7, 11) is 1.63. The molecule has 2 rings (SSSR count). The molecule has 1 saturated carbocycles. The Kier molecular flexibility index (Phi) is 3.10. The lowest BCUT2D eigenvalue weighted by Crippen LogP contribution is -2.17. The van der Waals surface area contributed by atoms with Crippen LogP contribution in [0.5, 0.6) is 5.75 Å². The zero-order valence-electron chi connectivity index (χ0n) is 9.10. The van der Waals surface area contributed by atoms with E-state index in [9.17, 15) is 4.79 Å². The van der Waals surface area contributed by atoms with Gasteiger partial charge in [-0.3, -0.25) is 4.79 Å². The van der Waals surface area contributed by atoms with Crippen molar-refractivity contribution in [1.82, 2.24) is 0 Å². The highest BCUT2D eigenvalue weighted by Gasteiger charge is 2.50. The van der Waals surface area contributed by atoms with Crippen molar-refractivity contribution in [3.63, 3.8) is 0 Å². The van der Waals surface area contributed by atoms with Gasteiger partial charge in [0.2, 0.25) is 0 Å². The fraction of sp³-hybridized carbons (Fsp3) is 0.417. The number of aliphatic carboxylic acids is 1. The topological polar surface area (TPSA) is 46.5 Å². The SMILES string of the molecule is COc1ccccc1SCC1(C(=O)O)CC1. The van der Waals surface area contributed by atoms with Gasteiger partial charge in [0.25, 0.3) is 0 Å². The van der Waals surface area contributed by atoms with E-state index in [-0.39, 0.29) is 0 Å². The lowest BCUT2D eigenvalue weighted by molar-refractivity contribution is -0.142. The van der Waals surface area contributed by atoms with E-state index in [4.69, 9.17) is 9.84 Å². The minimum absolute atomic E-state index is 0.481. The van der Waals surface area contributed by atoms with Gasteiger partial charge in [-0.05, 0) is 25.0 Å². The molecule has 0 aliphatic heterocycles. The number of carboxylic acid groups (broad SMARTS) is 1. The Hall–Kier alpha value is -1.16. The predicted molar refractivity (Wildman–Crippen MR) is 63.0 cm³/mol. The van der Waals surface area contributed by atoms with Gasteiger partial charge in [-0.15, -0.1) is 11.8 Å². The summed E-state index contributed by atoms with van der Waals surface area (Å²) >= 11 is 1.56. The molecule has 0 radical (unpaired) electrons. The van der Waals surface area contributed by atoms with E-state index in [1.807, 2.05) is 24.3 Å². The van der Waals surface area contributed by atoms with E-state index in [0.29, 0.717) is 5.75 Å². The van der Waals surface area contributed by atoms with Crippen molar-refractivity contribution in [2.75, 3.05) is 12.9 Å². The van der Waals surface area contributed by atoms with E-state index >= 15 is 0 Å². The molecular weight excluding hydrogens is 224 g/mol. The summed E-state index contributed by atoms with van der Waals surface area (Å²) in [6.07, 6.45) is 1.59. The Morgan fingerprint density at radius 3 is 2.75 bits per heavy atom. The largest absolute Gasteiger partial charge is 0.496 e. The number of thioether (sulfide) groups is 1. The summed E-state index contributed by atoms with van der Waals surface area (Å²) in [6.45, 7) is 0. The van der Waals surface area contributed by atoms with Gasteiger partial charge in [0, 0.05) is 10.6 Å². The van der Waals surface area contributed by atoms with E-state index in [2.05, 4.69) is 0 Å². The first-order valence-electron chi connectivity index (χ1n) is 5.17. The highest BCUT2D eigenvalue weighted by atomic mass is 32.2. The number of hydrogen-bond acceptors (Lipinski definition) is 3. The Labute approximate surface area is 98.8 Å². The normalized spacial score (nSPS) is 16.8. The first-order valence-corrected chi connectivity index (χ1v) is 6.16. The summed E-state index contributed by atoms with van der Waals surface area (Å²) in [5.41, 5.74) is -0.481. The lowest BCUT2D eigenvalue weighted by atomic mass is 10.1. The quantitative estimate of drug-likeness (QED) is 0.801. The third kappa shape index (κ3) is 2.16. The van der Waals surface area contributed by atoms with Gasteiger partial charge in [0.05, 0.1) is 12.5 Å². The zero-order chi connectivity index (χ0) is 11.6. The molecule has 4 heteroatoms. The number of benzene rings is 1. The second-order valence-electron chi connectivity index (χ2n) is 4.03. The Morgan fingerprint density at radius 2 is 2.19 bits per heavy atom. The molecule has 1 aliphatic rings. The molecule has 86 valence electrons. The van der Waals surface area contributed by atoms with Crippen molar-refractivity contribution in [2.24, 2.45) is 5.41 Å². The Balaban J connectivity index is 2.02. The van der Waals surface area contributed by atoms with Crippen molar-refractivity contribution in [1.29, 1.82) is 0 Å². The molecule has 0 saturated heterocycles. The summed E-state index contributed by atoms with van der Waals surface area (Å²) in [5.74, 6) is 0.770. The molecule has 0 unspecified atom stereocenters. The Bertz CT molecular complexity index is 399. The van der Waals surface area contributed by atoms with Gasteiger partial charge in [0.15, 0.2) is 0 Å². The molecular formula is C12H14O3S. The van der Waals surface area contributed by atoms with Crippen LogP contribution >= 0.6 is 11.8 Å². The second kappa shape index (κ2) is 4.37. The van der Waals surface area contributed by atoms with Crippen molar-refractivity contribution < 1.29 is 14.6 Å². The van der Waals surface area contributed by atoms with Crippen LogP contribution in [0.3, 0.4) is 0 Å². The highest BCUT2D eigenvalue weighted by molar-refractivity contribution is 7.99. The number of carbonyl (C=O) groups is 1. The number of hydrogen-bond donors (Lipinski definition) is 1. The molecule has 16 heavy (non-hydrogen) atoms. The minimum atomic E-state index is -0.671. The van der Waals surface area contributed by atoms with Gasteiger partial charge >= 0.3 is 5.97 Å². The third-order valence-corrected chi connectivity index (χ3v) is 4.23.